The van der Waals surface area contributed by atoms with E-state index in [1.165, 1.54) is 12.8 Å². The molecule has 1 fully saturated rings. The molecule has 19 heavy (non-hydrogen) atoms. The summed E-state index contributed by atoms with van der Waals surface area (Å²) in [5.41, 5.74) is 1.01. The van der Waals surface area contributed by atoms with Crippen LogP contribution < -0.4 is 5.32 Å². The van der Waals surface area contributed by atoms with Crippen molar-refractivity contribution >= 4 is 0 Å². The normalized spacial score (nSPS) is 15.0. The molecular formula is C13H20N6. The molecule has 0 amide bonds. The van der Waals surface area contributed by atoms with Crippen molar-refractivity contribution in [3.63, 3.8) is 0 Å². The van der Waals surface area contributed by atoms with E-state index in [0.29, 0.717) is 0 Å². The predicted molar refractivity (Wildman–Crippen MR) is 71.4 cm³/mol. The molecular weight excluding hydrogens is 240 g/mol. The Morgan fingerprint density at radius 2 is 2.32 bits per heavy atom. The molecule has 1 N–H and O–H groups in total. The van der Waals surface area contributed by atoms with E-state index in [9.17, 15) is 0 Å². The Kier molecular flexibility index (Phi) is 3.59. The van der Waals surface area contributed by atoms with Gasteiger partial charge in [0.2, 0.25) is 0 Å². The van der Waals surface area contributed by atoms with E-state index in [1.807, 2.05) is 34.9 Å². The van der Waals surface area contributed by atoms with Gasteiger partial charge in [0.1, 0.15) is 5.82 Å². The van der Waals surface area contributed by atoms with Crippen LogP contribution in [0.2, 0.25) is 0 Å². The van der Waals surface area contributed by atoms with Gasteiger partial charge in [0, 0.05) is 45.1 Å². The van der Waals surface area contributed by atoms with Crippen molar-refractivity contribution in [2.24, 2.45) is 13.0 Å². The summed E-state index contributed by atoms with van der Waals surface area (Å²) in [6.07, 6.45) is 9.44. The van der Waals surface area contributed by atoms with E-state index in [2.05, 4.69) is 20.6 Å². The topological polar surface area (TPSA) is 60.6 Å². The van der Waals surface area contributed by atoms with Crippen LogP contribution in [-0.2, 0) is 26.6 Å². The van der Waals surface area contributed by atoms with Crippen LogP contribution in [0.15, 0.2) is 18.6 Å². The van der Waals surface area contributed by atoms with Crippen molar-refractivity contribution in [2.45, 2.75) is 32.4 Å². The van der Waals surface area contributed by atoms with E-state index >= 15 is 0 Å². The molecule has 1 aliphatic rings. The number of hydrogen-bond donors (Lipinski definition) is 1. The van der Waals surface area contributed by atoms with E-state index in [1.54, 1.807) is 0 Å². The zero-order chi connectivity index (χ0) is 13.1. The van der Waals surface area contributed by atoms with Gasteiger partial charge in [-0.05, 0) is 25.3 Å². The highest BCUT2D eigenvalue weighted by molar-refractivity contribution is 4.94. The molecule has 0 unspecified atom stereocenters. The highest BCUT2D eigenvalue weighted by Gasteiger charge is 2.20. The molecule has 3 rings (SSSR count). The molecule has 0 bridgehead atoms. The first-order valence-corrected chi connectivity index (χ1v) is 6.87. The van der Waals surface area contributed by atoms with Crippen molar-refractivity contribution in [1.82, 2.24) is 29.9 Å². The van der Waals surface area contributed by atoms with Gasteiger partial charge in [-0.3, -0.25) is 4.68 Å². The second-order valence-corrected chi connectivity index (χ2v) is 5.25. The molecule has 1 aliphatic carbocycles. The van der Waals surface area contributed by atoms with Gasteiger partial charge in [0.25, 0.3) is 0 Å². The number of imidazole rings is 1. The lowest BCUT2D eigenvalue weighted by atomic mass is 10.4. The Balaban J connectivity index is 1.45. The van der Waals surface area contributed by atoms with Gasteiger partial charge in [-0.25, -0.2) is 4.98 Å². The summed E-state index contributed by atoms with van der Waals surface area (Å²) < 4.78 is 3.93. The third-order valence-electron chi connectivity index (χ3n) is 3.51. The summed E-state index contributed by atoms with van der Waals surface area (Å²) >= 11 is 0. The first-order valence-electron chi connectivity index (χ1n) is 6.87. The molecule has 2 heterocycles. The maximum atomic E-state index is 4.30. The van der Waals surface area contributed by atoms with Crippen LogP contribution in [0.3, 0.4) is 0 Å². The van der Waals surface area contributed by atoms with Gasteiger partial charge in [0.15, 0.2) is 0 Å². The van der Waals surface area contributed by atoms with Gasteiger partial charge in [0.05, 0.1) is 5.69 Å². The first kappa shape index (κ1) is 12.3. The SMILES string of the molecule is Cn1ccnc1CCn1cc(CNCC2CC2)nn1. The van der Waals surface area contributed by atoms with Gasteiger partial charge in [-0.15, -0.1) is 5.10 Å². The van der Waals surface area contributed by atoms with E-state index < -0.39 is 0 Å². The highest BCUT2D eigenvalue weighted by atomic mass is 15.4. The molecule has 1 saturated carbocycles. The van der Waals surface area contributed by atoms with Crippen molar-refractivity contribution in [2.75, 3.05) is 6.54 Å². The Bertz CT molecular complexity index is 525. The van der Waals surface area contributed by atoms with Crippen molar-refractivity contribution in [1.29, 1.82) is 0 Å². The Labute approximate surface area is 112 Å². The second kappa shape index (κ2) is 5.52. The van der Waals surface area contributed by atoms with E-state index in [-0.39, 0.29) is 0 Å². The molecule has 0 aromatic carbocycles. The summed E-state index contributed by atoms with van der Waals surface area (Å²) in [5, 5.41) is 11.8. The highest BCUT2D eigenvalue weighted by Crippen LogP contribution is 2.27. The Hall–Kier alpha value is -1.69. The van der Waals surface area contributed by atoms with Crippen molar-refractivity contribution in [3.8, 4) is 0 Å². The van der Waals surface area contributed by atoms with Crippen LogP contribution in [-0.4, -0.2) is 31.1 Å². The maximum absolute atomic E-state index is 4.30. The predicted octanol–water partition coefficient (Wildman–Crippen LogP) is 0.754. The minimum atomic E-state index is 0.818. The zero-order valence-corrected chi connectivity index (χ0v) is 11.3. The number of aryl methyl sites for hydroxylation is 3. The average Bonchev–Trinajstić information content (AvgIpc) is 2.96. The monoisotopic (exact) mass is 260 g/mol. The van der Waals surface area contributed by atoms with Crippen molar-refractivity contribution < 1.29 is 0 Å². The summed E-state index contributed by atoms with van der Waals surface area (Å²) in [6.45, 7) is 2.75. The van der Waals surface area contributed by atoms with Gasteiger partial charge >= 0.3 is 0 Å². The third-order valence-corrected chi connectivity index (χ3v) is 3.51. The van der Waals surface area contributed by atoms with Crippen molar-refractivity contribution in [3.05, 3.63) is 30.1 Å². The van der Waals surface area contributed by atoms with Gasteiger partial charge in [-0.1, -0.05) is 5.21 Å². The number of aromatic nitrogens is 5. The minimum Gasteiger partial charge on any atom is -0.338 e. The van der Waals surface area contributed by atoms with Gasteiger partial charge < -0.3 is 9.88 Å². The molecule has 6 nitrogen and oxygen atoms in total. The zero-order valence-electron chi connectivity index (χ0n) is 11.3. The molecule has 0 radical (unpaired) electrons. The Morgan fingerprint density at radius 3 is 3.05 bits per heavy atom. The van der Waals surface area contributed by atoms with Crippen LogP contribution in [0.5, 0.6) is 0 Å². The summed E-state index contributed by atoms with van der Waals surface area (Å²) in [7, 11) is 2.01. The molecule has 0 atom stereocenters. The summed E-state index contributed by atoms with van der Waals surface area (Å²) in [6, 6.07) is 0. The molecule has 6 heteroatoms. The number of nitrogens with one attached hydrogen (secondary N) is 1. The lowest BCUT2D eigenvalue weighted by Gasteiger charge is -2.01. The first-order chi connectivity index (χ1) is 9.31. The van der Waals surface area contributed by atoms with Crippen LogP contribution >= 0.6 is 0 Å². The van der Waals surface area contributed by atoms with Gasteiger partial charge in [-0.2, -0.15) is 0 Å². The lowest BCUT2D eigenvalue weighted by molar-refractivity contribution is 0.569. The third kappa shape index (κ3) is 3.41. The van der Waals surface area contributed by atoms with E-state index in [0.717, 1.165) is 43.5 Å². The average molecular weight is 260 g/mol. The summed E-state index contributed by atoms with van der Waals surface area (Å²) in [5.74, 6) is 1.97. The number of hydrogen-bond acceptors (Lipinski definition) is 4. The maximum Gasteiger partial charge on any atom is 0.110 e. The van der Waals surface area contributed by atoms with E-state index in [4.69, 9.17) is 0 Å². The van der Waals surface area contributed by atoms with Crippen LogP contribution in [0, 0.1) is 5.92 Å². The molecule has 0 saturated heterocycles. The fourth-order valence-electron chi connectivity index (χ4n) is 2.11. The molecule has 2 aromatic rings. The fraction of sp³-hybridized carbons (Fsp3) is 0.615. The standard InChI is InChI=1S/C13H20N6/c1-18-7-5-15-13(18)4-6-19-10-12(16-17-19)9-14-8-11-2-3-11/h5,7,10-11,14H,2-4,6,8-9H2,1H3. The summed E-state index contributed by atoms with van der Waals surface area (Å²) in [4.78, 5) is 4.30. The smallest absolute Gasteiger partial charge is 0.110 e. The quantitative estimate of drug-likeness (QED) is 0.798. The van der Waals surface area contributed by atoms with Crippen LogP contribution in [0.4, 0.5) is 0 Å². The minimum absolute atomic E-state index is 0.818. The van der Waals surface area contributed by atoms with Crippen LogP contribution in [0.25, 0.3) is 0 Å². The number of rotatable bonds is 7. The number of nitrogens with zero attached hydrogens (tertiary/aromatic N) is 5. The molecule has 2 aromatic heterocycles. The Morgan fingerprint density at radius 1 is 1.42 bits per heavy atom. The molecule has 0 spiro atoms. The largest absolute Gasteiger partial charge is 0.338 e. The fourth-order valence-corrected chi connectivity index (χ4v) is 2.11. The second-order valence-electron chi connectivity index (χ2n) is 5.25. The molecule has 102 valence electrons. The molecule has 0 aliphatic heterocycles. The van der Waals surface area contributed by atoms with Crippen LogP contribution in [0.1, 0.15) is 24.4 Å². The lowest BCUT2D eigenvalue weighted by Crippen LogP contribution is -2.16.